The van der Waals surface area contributed by atoms with Gasteiger partial charge >= 0.3 is 5.56 Å². The zero-order valence-electron chi connectivity index (χ0n) is 8.55. The molecule has 0 amide bonds. The second kappa shape index (κ2) is 4.48. The third kappa shape index (κ3) is 1.95. The number of hydrogen-bond donors (Lipinski definition) is 2. The maximum atomic E-state index is 11.2. The van der Waals surface area contributed by atoms with Crippen molar-refractivity contribution in [1.29, 1.82) is 0 Å². The summed E-state index contributed by atoms with van der Waals surface area (Å²) in [5.41, 5.74) is -0.484. The van der Waals surface area contributed by atoms with E-state index in [4.69, 9.17) is 4.74 Å². The third-order valence-corrected chi connectivity index (χ3v) is 2.59. The average molecular weight is 291 g/mol. The molecular formula is C8H11BrN4O3. The number of hydrogen-bond acceptors (Lipinski definition) is 6. The Kier molecular flexibility index (Phi) is 3.22. The van der Waals surface area contributed by atoms with Crippen LogP contribution in [0.1, 0.15) is 19.6 Å². The zero-order chi connectivity index (χ0) is 11.7. The first-order valence-corrected chi connectivity index (χ1v) is 5.65. The van der Waals surface area contributed by atoms with Gasteiger partial charge in [-0.1, -0.05) is 6.92 Å². The van der Waals surface area contributed by atoms with Gasteiger partial charge in [-0.3, -0.25) is 4.79 Å². The van der Waals surface area contributed by atoms with E-state index in [1.807, 2.05) is 6.92 Å². The minimum Gasteiger partial charge on any atom is -0.368 e. The molecule has 1 aromatic rings. The molecule has 0 aromatic carbocycles. The Morgan fingerprint density at radius 3 is 3.12 bits per heavy atom. The van der Waals surface area contributed by atoms with Gasteiger partial charge in [0.25, 0.3) is 0 Å². The summed E-state index contributed by atoms with van der Waals surface area (Å²) in [6, 6.07) is 0. The zero-order valence-corrected chi connectivity index (χ0v) is 10.1. The molecule has 1 aromatic heterocycles. The molecule has 0 spiro atoms. The van der Waals surface area contributed by atoms with Crippen molar-refractivity contribution >= 4 is 21.9 Å². The highest BCUT2D eigenvalue weighted by Crippen LogP contribution is 2.23. The number of ether oxygens (including phenoxy) is 1. The van der Waals surface area contributed by atoms with Crippen molar-refractivity contribution in [2.24, 2.45) is 0 Å². The molecule has 1 aliphatic rings. The van der Waals surface area contributed by atoms with Crippen LogP contribution in [0.2, 0.25) is 0 Å². The monoisotopic (exact) mass is 290 g/mol. The lowest BCUT2D eigenvalue weighted by molar-refractivity contribution is -0.0489. The molecule has 0 bridgehead atoms. The molecule has 88 valence electrons. The van der Waals surface area contributed by atoms with Crippen molar-refractivity contribution in [3.05, 3.63) is 15.0 Å². The van der Waals surface area contributed by atoms with Gasteiger partial charge in [-0.2, -0.15) is 14.8 Å². The van der Waals surface area contributed by atoms with E-state index >= 15 is 0 Å². The number of nitrogens with one attached hydrogen (secondary N) is 1. The number of aliphatic hydroxyl groups excluding tert-OH is 1. The Labute approximate surface area is 99.6 Å². The van der Waals surface area contributed by atoms with E-state index in [0.29, 0.717) is 6.61 Å². The maximum absolute atomic E-state index is 11.2. The first kappa shape index (κ1) is 11.5. The lowest BCUT2D eigenvalue weighted by atomic mass is 10.5. The van der Waals surface area contributed by atoms with Crippen LogP contribution in [-0.4, -0.2) is 32.7 Å². The van der Waals surface area contributed by atoms with Gasteiger partial charge in [-0.05, 0) is 22.4 Å². The molecule has 1 aliphatic heterocycles. The lowest BCUT2D eigenvalue weighted by Crippen LogP contribution is -2.26. The number of fused-ring (bicyclic) bond motifs is 1. The Morgan fingerprint density at radius 1 is 1.69 bits per heavy atom. The summed E-state index contributed by atoms with van der Waals surface area (Å²) in [5, 5.41) is 16.5. The van der Waals surface area contributed by atoms with E-state index in [1.165, 1.54) is 4.68 Å². The molecule has 16 heavy (non-hydrogen) atoms. The van der Waals surface area contributed by atoms with Crippen molar-refractivity contribution in [2.75, 3.05) is 11.9 Å². The number of halogens is 1. The summed E-state index contributed by atoms with van der Waals surface area (Å²) >= 11 is 2.96. The van der Waals surface area contributed by atoms with E-state index in [9.17, 15) is 9.90 Å². The van der Waals surface area contributed by atoms with Crippen molar-refractivity contribution in [1.82, 2.24) is 14.8 Å². The SMILES string of the molecule is CCCO[C@H]1Nc2nc(=O)c(Br)nn2[C@@H]1O. The summed E-state index contributed by atoms with van der Waals surface area (Å²) in [4.78, 5) is 14.9. The second-order valence-corrected chi connectivity index (χ2v) is 4.08. The molecule has 0 fully saturated rings. The van der Waals surface area contributed by atoms with Gasteiger partial charge in [0.05, 0.1) is 0 Å². The molecule has 0 aliphatic carbocycles. The Morgan fingerprint density at radius 2 is 2.44 bits per heavy atom. The van der Waals surface area contributed by atoms with Crippen molar-refractivity contribution in [3.8, 4) is 0 Å². The minimum absolute atomic E-state index is 0.0632. The fourth-order valence-electron chi connectivity index (χ4n) is 1.36. The Hall–Kier alpha value is -0.990. The van der Waals surface area contributed by atoms with Crippen LogP contribution in [0.25, 0.3) is 0 Å². The van der Waals surface area contributed by atoms with Crippen LogP contribution in [-0.2, 0) is 4.74 Å². The van der Waals surface area contributed by atoms with Gasteiger partial charge in [0.1, 0.15) is 0 Å². The molecule has 2 N–H and O–H groups in total. The molecule has 0 unspecified atom stereocenters. The topological polar surface area (TPSA) is 89.3 Å². The predicted octanol–water partition coefficient (Wildman–Crippen LogP) is 0.0699. The van der Waals surface area contributed by atoms with Crippen LogP contribution in [0, 0.1) is 0 Å². The summed E-state index contributed by atoms with van der Waals surface area (Å²) in [5.74, 6) is 0.210. The van der Waals surface area contributed by atoms with E-state index in [-0.39, 0.29) is 10.6 Å². The fourth-order valence-corrected chi connectivity index (χ4v) is 1.62. The van der Waals surface area contributed by atoms with Crippen LogP contribution >= 0.6 is 15.9 Å². The van der Waals surface area contributed by atoms with Gasteiger partial charge in [-0.25, -0.2) is 0 Å². The van der Waals surface area contributed by atoms with Crippen LogP contribution in [0.4, 0.5) is 5.95 Å². The molecule has 8 heteroatoms. The van der Waals surface area contributed by atoms with E-state index in [1.54, 1.807) is 0 Å². The Balaban J connectivity index is 2.24. The standard InChI is InChI=1S/C8H11BrN4O3/c1-2-3-16-6-7(15)13-8(11-6)10-5(14)4(9)12-13/h6-7,15H,2-3H2,1H3,(H,10,11,14)/t6-,7-/m1/s1. The number of rotatable bonds is 3. The van der Waals surface area contributed by atoms with Gasteiger partial charge < -0.3 is 15.2 Å². The molecule has 0 radical (unpaired) electrons. The van der Waals surface area contributed by atoms with E-state index in [0.717, 1.165) is 6.42 Å². The quantitative estimate of drug-likeness (QED) is 0.819. The van der Waals surface area contributed by atoms with E-state index in [2.05, 4.69) is 31.3 Å². The van der Waals surface area contributed by atoms with Crippen molar-refractivity contribution < 1.29 is 9.84 Å². The van der Waals surface area contributed by atoms with Gasteiger partial charge in [0, 0.05) is 6.61 Å². The normalized spacial score (nSPS) is 22.9. The molecule has 0 saturated heterocycles. The van der Waals surface area contributed by atoms with Gasteiger partial charge in [0.2, 0.25) is 5.95 Å². The highest BCUT2D eigenvalue weighted by Gasteiger charge is 2.32. The van der Waals surface area contributed by atoms with E-state index < -0.39 is 18.0 Å². The number of nitrogens with zero attached hydrogens (tertiary/aromatic N) is 3. The summed E-state index contributed by atoms with van der Waals surface area (Å²) in [6.45, 7) is 2.47. The summed E-state index contributed by atoms with van der Waals surface area (Å²) in [7, 11) is 0. The lowest BCUT2D eigenvalue weighted by Gasteiger charge is -2.14. The summed E-state index contributed by atoms with van der Waals surface area (Å²) < 4.78 is 6.62. The van der Waals surface area contributed by atoms with Crippen LogP contribution in [0.5, 0.6) is 0 Å². The Bertz CT molecular complexity index is 449. The molecular weight excluding hydrogens is 280 g/mol. The first-order valence-electron chi connectivity index (χ1n) is 4.86. The van der Waals surface area contributed by atoms with Crippen molar-refractivity contribution in [3.63, 3.8) is 0 Å². The van der Waals surface area contributed by atoms with Crippen LogP contribution in [0.3, 0.4) is 0 Å². The highest BCUT2D eigenvalue weighted by atomic mass is 79.9. The number of aliphatic hydroxyl groups is 1. The van der Waals surface area contributed by atoms with Crippen LogP contribution < -0.4 is 10.9 Å². The van der Waals surface area contributed by atoms with Crippen molar-refractivity contribution in [2.45, 2.75) is 25.8 Å². The highest BCUT2D eigenvalue weighted by molar-refractivity contribution is 9.10. The molecule has 2 rings (SSSR count). The average Bonchev–Trinajstić information content (AvgIpc) is 2.54. The fraction of sp³-hybridized carbons (Fsp3) is 0.625. The predicted molar refractivity (Wildman–Crippen MR) is 58.9 cm³/mol. The largest absolute Gasteiger partial charge is 0.368 e. The minimum atomic E-state index is -0.981. The third-order valence-electron chi connectivity index (χ3n) is 2.09. The first-order chi connectivity index (χ1) is 7.63. The summed E-state index contributed by atoms with van der Waals surface area (Å²) in [6.07, 6.45) is -0.761. The molecule has 7 nitrogen and oxygen atoms in total. The molecule has 0 saturated carbocycles. The number of anilines is 1. The maximum Gasteiger partial charge on any atom is 0.307 e. The molecule has 2 atom stereocenters. The number of aromatic nitrogens is 3. The molecule has 2 heterocycles. The van der Waals surface area contributed by atoms with Gasteiger partial charge in [-0.15, -0.1) is 0 Å². The van der Waals surface area contributed by atoms with Gasteiger partial charge in [0.15, 0.2) is 17.1 Å². The van der Waals surface area contributed by atoms with Crippen LogP contribution in [0.15, 0.2) is 9.40 Å². The smallest absolute Gasteiger partial charge is 0.307 e. The second-order valence-electron chi connectivity index (χ2n) is 3.33.